The van der Waals surface area contributed by atoms with Crippen molar-refractivity contribution in [3.8, 4) is 0 Å². The van der Waals surface area contributed by atoms with Crippen LogP contribution in [0.1, 0.15) is 39.1 Å². The van der Waals surface area contributed by atoms with Crippen LogP contribution >= 0.6 is 0 Å². The van der Waals surface area contributed by atoms with Gasteiger partial charge in [-0.05, 0) is 28.3 Å². The number of rotatable bonds is 4. The van der Waals surface area contributed by atoms with Gasteiger partial charge < -0.3 is 4.52 Å². The zero-order chi connectivity index (χ0) is 15.7. The fraction of sp³-hybridized carbons (Fsp3) is 0.429. The number of aromatic nitrogens is 2. The summed E-state index contributed by atoms with van der Waals surface area (Å²) in [5.41, 5.74) is 1.04. The summed E-state index contributed by atoms with van der Waals surface area (Å²) in [6.07, 6.45) is 0.551. The summed E-state index contributed by atoms with van der Waals surface area (Å²) in [5.74, 6) is 0.336. The number of nitrogens with zero attached hydrogens (tertiary/aromatic N) is 2. The molecule has 0 bridgehead atoms. The number of hydrogen-bond donors (Lipinski definition) is 1. The average molecular weight is 309 g/mol. The van der Waals surface area contributed by atoms with Gasteiger partial charge in [0.25, 0.3) is 16.0 Å². The molecule has 2 rings (SSSR count). The Kier molecular flexibility index (Phi) is 4.04. The van der Waals surface area contributed by atoms with Gasteiger partial charge in [-0.25, -0.2) is 13.1 Å². The first kappa shape index (κ1) is 15.5. The molecule has 6 nitrogen and oxygen atoms in total. The van der Waals surface area contributed by atoms with E-state index >= 15 is 0 Å². The van der Waals surface area contributed by atoms with Crippen LogP contribution in [0.15, 0.2) is 33.7 Å². The van der Waals surface area contributed by atoms with Gasteiger partial charge in [0, 0.05) is 6.42 Å². The van der Waals surface area contributed by atoms with Crippen molar-refractivity contribution in [2.45, 2.75) is 44.4 Å². The molecule has 0 atom stereocenters. The fourth-order valence-corrected chi connectivity index (χ4v) is 2.69. The van der Waals surface area contributed by atoms with E-state index in [1.807, 2.05) is 19.1 Å². The van der Waals surface area contributed by atoms with E-state index in [1.54, 1.807) is 12.1 Å². The van der Waals surface area contributed by atoms with Crippen molar-refractivity contribution in [3.05, 3.63) is 35.7 Å². The van der Waals surface area contributed by atoms with Gasteiger partial charge in [0.1, 0.15) is 0 Å². The third kappa shape index (κ3) is 3.60. The second-order valence-electron chi connectivity index (χ2n) is 5.75. The molecule has 0 aliphatic rings. The van der Waals surface area contributed by atoms with Gasteiger partial charge in [-0.2, -0.15) is 4.98 Å². The summed E-state index contributed by atoms with van der Waals surface area (Å²) in [6, 6.07) is 6.76. The van der Waals surface area contributed by atoms with Crippen LogP contribution in [0.5, 0.6) is 0 Å². The maximum atomic E-state index is 12.2. The molecule has 1 N–H and O–H groups in total. The Bertz CT molecular complexity index is 713. The molecule has 114 valence electrons. The highest BCUT2D eigenvalue weighted by molar-refractivity contribution is 7.92. The zero-order valence-electron chi connectivity index (χ0n) is 12.5. The highest BCUT2D eigenvalue weighted by Crippen LogP contribution is 2.24. The summed E-state index contributed by atoms with van der Waals surface area (Å²) in [7, 11) is -3.71. The molecule has 7 heteroatoms. The largest absolute Gasteiger partial charge is 0.337 e. The fourth-order valence-electron chi connectivity index (χ4n) is 1.75. The molecule has 0 unspecified atom stereocenters. The molecule has 1 aromatic carbocycles. The Balaban J connectivity index is 2.23. The molecule has 0 aliphatic carbocycles. The molecule has 0 saturated carbocycles. The van der Waals surface area contributed by atoms with Crippen LogP contribution in [0.2, 0.25) is 0 Å². The second-order valence-corrected chi connectivity index (χ2v) is 7.43. The smallest absolute Gasteiger partial charge is 0.277 e. The van der Waals surface area contributed by atoms with E-state index in [-0.39, 0.29) is 16.3 Å². The number of anilines is 1. The maximum Gasteiger partial charge on any atom is 0.277 e. The molecular formula is C14H19N3O3S. The van der Waals surface area contributed by atoms with Crippen LogP contribution < -0.4 is 4.72 Å². The van der Waals surface area contributed by atoms with E-state index in [2.05, 4.69) is 35.6 Å². The summed E-state index contributed by atoms with van der Waals surface area (Å²) in [5, 5.41) is 3.58. The SMILES string of the molecule is CCc1nc(NS(=O)(=O)c2ccc(C(C)(C)C)cc2)no1. The highest BCUT2D eigenvalue weighted by atomic mass is 32.2. The number of nitrogens with one attached hydrogen (secondary N) is 1. The third-order valence-corrected chi connectivity index (χ3v) is 4.37. The first-order valence-corrected chi connectivity index (χ1v) is 8.16. The molecule has 0 aliphatic heterocycles. The lowest BCUT2D eigenvalue weighted by Crippen LogP contribution is -2.15. The van der Waals surface area contributed by atoms with Crippen LogP contribution in [0.3, 0.4) is 0 Å². The van der Waals surface area contributed by atoms with E-state index < -0.39 is 10.0 Å². The summed E-state index contributed by atoms with van der Waals surface area (Å²) in [6.45, 7) is 8.05. The minimum atomic E-state index is -3.71. The van der Waals surface area contributed by atoms with Crippen LogP contribution in [0.25, 0.3) is 0 Å². The molecular weight excluding hydrogens is 290 g/mol. The van der Waals surface area contributed by atoms with Gasteiger partial charge in [-0.1, -0.05) is 39.8 Å². The van der Waals surface area contributed by atoms with Crippen molar-refractivity contribution in [1.29, 1.82) is 0 Å². The lowest BCUT2D eigenvalue weighted by molar-refractivity contribution is 0.383. The van der Waals surface area contributed by atoms with E-state index in [9.17, 15) is 8.42 Å². The van der Waals surface area contributed by atoms with Gasteiger partial charge in [0.15, 0.2) is 0 Å². The van der Waals surface area contributed by atoms with Crippen molar-refractivity contribution >= 4 is 16.0 Å². The van der Waals surface area contributed by atoms with Gasteiger partial charge in [0.2, 0.25) is 5.89 Å². The van der Waals surface area contributed by atoms with Gasteiger partial charge >= 0.3 is 0 Å². The Labute approximate surface area is 124 Å². The molecule has 1 heterocycles. The molecule has 0 saturated heterocycles. The Morgan fingerprint density at radius 3 is 2.29 bits per heavy atom. The molecule has 2 aromatic rings. The summed E-state index contributed by atoms with van der Waals surface area (Å²) < 4.78 is 31.6. The van der Waals surface area contributed by atoms with Crippen molar-refractivity contribution in [3.63, 3.8) is 0 Å². The van der Waals surface area contributed by atoms with Crippen LogP contribution in [0, 0.1) is 0 Å². The third-order valence-electron chi connectivity index (χ3n) is 3.03. The van der Waals surface area contributed by atoms with E-state index in [4.69, 9.17) is 4.52 Å². The van der Waals surface area contributed by atoms with E-state index in [1.165, 1.54) is 0 Å². The zero-order valence-corrected chi connectivity index (χ0v) is 13.4. The Hall–Kier alpha value is -1.89. The van der Waals surface area contributed by atoms with Crippen molar-refractivity contribution < 1.29 is 12.9 Å². The number of sulfonamides is 1. The quantitative estimate of drug-likeness (QED) is 0.938. The van der Waals surface area contributed by atoms with Crippen molar-refractivity contribution in [1.82, 2.24) is 10.1 Å². The molecule has 21 heavy (non-hydrogen) atoms. The predicted molar refractivity (Wildman–Crippen MR) is 79.6 cm³/mol. The van der Waals surface area contributed by atoms with Crippen molar-refractivity contribution in [2.75, 3.05) is 4.72 Å². The van der Waals surface area contributed by atoms with Gasteiger partial charge in [-0.15, -0.1) is 0 Å². The minimum absolute atomic E-state index is 0.0284. The average Bonchev–Trinajstić information content (AvgIpc) is 2.85. The molecule has 0 fully saturated rings. The summed E-state index contributed by atoms with van der Waals surface area (Å²) in [4.78, 5) is 4.09. The number of aryl methyl sites for hydroxylation is 1. The molecule has 0 radical (unpaired) electrons. The highest BCUT2D eigenvalue weighted by Gasteiger charge is 2.19. The standard InChI is InChI=1S/C14H19N3O3S/c1-5-12-15-13(16-20-12)17-21(18,19)11-8-6-10(7-9-11)14(2,3)4/h6-9H,5H2,1-4H3,(H,16,17). The predicted octanol–water partition coefficient (Wildman–Crippen LogP) is 2.73. The number of hydrogen-bond acceptors (Lipinski definition) is 5. The van der Waals surface area contributed by atoms with Crippen LogP contribution in [-0.2, 0) is 21.9 Å². The topological polar surface area (TPSA) is 85.1 Å². The summed E-state index contributed by atoms with van der Waals surface area (Å²) >= 11 is 0. The van der Waals surface area contributed by atoms with Crippen LogP contribution in [-0.4, -0.2) is 18.6 Å². The van der Waals surface area contributed by atoms with Gasteiger partial charge in [0.05, 0.1) is 4.90 Å². The van der Waals surface area contributed by atoms with E-state index in [0.29, 0.717) is 12.3 Å². The normalized spacial score (nSPS) is 12.4. The molecule has 0 amide bonds. The first-order chi connectivity index (χ1) is 9.72. The first-order valence-electron chi connectivity index (χ1n) is 6.68. The van der Waals surface area contributed by atoms with E-state index in [0.717, 1.165) is 5.56 Å². The Morgan fingerprint density at radius 1 is 1.19 bits per heavy atom. The van der Waals surface area contributed by atoms with Crippen molar-refractivity contribution in [2.24, 2.45) is 0 Å². The Morgan fingerprint density at radius 2 is 1.81 bits per heavy atom. The minimum Gasteiger partial charge on any atom is -0.337 e. The molecule has 0 spiro atoms. The maximum absolute atomic E-state index is 12.2. The lowest BCUT2D eigenvalue weighted by Gasteiger charge is -2.19. The monoisotopic (exact) mass is 309 g/mol. The second kappa shape index (κ2) is 5.48. The lowest BCUT2D eigenvalue weighted by atomic mass is 9.87. The van der Waals surface area contributed by atoms with Gasteiger partial charge in [-0.3, -0.25) is 0 Å². The number of benzene rings is 1. The molecule has 1 aromatic heterocycles. The van der Waals surface area contributed by atoms with Crippen LogP contribution in [0.4, 0.5) is 5.95 Å².